The summed E-state index contributed by atoms with van der Waals surface area (Å²) in [6.45, 7) is 1.02. The van der Waals surface area contributed by atoms with Gasteiger partial charge in [0, 0.05) is 5.69 Å². The third-order valence-corrected chi connectivity index (χ3v) is 1.70. The Kier molecular flexibility index (Phi) is 4.72. The number of rotatable bonds is 5. The van der Waals surface area contributed by atoms with Gasteiger partial charge in [0.25, 0.3) is 0 Å². The Balaban J connectivity index is 2.23. The fourth-order valence-corrected chi connectivity index (χ4v) is 1.00. The van der Waals surface area contributed by atoms with Crippen LogP contribution in [0.5, 0.6) is 0 Å². The number of benzene rings is 1. The van der Waals surface area contributed by atoms with E-state index in [4.69, 9.17) is 0 Å². The van der Waals surface area contributed by atoms with Crippen LogP contribution in [0, 0.1) is 0 Å². The zero-order chi connectivity index (χ0) is 9.36. The van der Waals surface area contributed by atoms with Gasteiger partial charge < -0.3 is 10.6 Å². The molecule has 70 valence electrons. The molecule has 0 spiro atoms. The Morgan fingerprint density at radius 1 is 1.23 bits per heavy atom. The smallest absolute Gasteiger partial charge is 0.0379 e. The summed E-state index contributed by atoms with van der Waals surface area (Å²) in [4.78, 5) is 0. The first-order valence-electron chi connectivity index (χ1n) is 4.54. The molecule has 1 rings (SSSR count). The topological polar surface area (TPSA) is 24.1 Å². The molecule has 1 aromatic carbocycles. The van der Waals surface area contributed by atoms with E-state index in [1.807, 2.05) is 43.6 Å². The number of hydrogen-bond acceptors (Lipinski definition) is 2. The van der Waals surface area contributed by atoms with Crippen LogP contribution in [0.2, 0.25) is 0 Å². The predicted molar refractivity (Wildman–Crippen MR) is 57.7 cm³/mol. The molecular formula is C11H16N2. The van der Waals surface area contributed by atoms with E-state index in [0.29, 0.717) is 0 Å². The Hall–Kier alpha value is -1.28. The molecule has 0 aliphatic carbocycles. The van der Waals surface area contributed by atoms with Crippen LogP contribution >= 0.6 is 0 Å². The maximum Gasteiger partial charge on any atom is 0.0379 e. The molecule has 0 unspecified atom stereocenters. The van der Waals surface area contributed by atoms with E-state index in [0.717, 1.165) is 18.7 Å². The van der Waals surface area contributed by atoms with Gasteiger partial charge in [-0.2, -0.15) is 0 Å². The lowest BCUT2D eigenvalue weighted by atomic mass is 10.3. The summed E-state index contributed by atoms with van der Waals surface area (Å²) < 4.78 is 0. The summed E-state index contributed by atoms with van der Waals surface area (Å²) in [6, 6.07) is 10.1. The molecule has 0 aromatic heterocycles. The van der Waals surface area contributed by atoms with Crippen LogP contribution in [-0.2, 0) is 0 Å². The Morgan fingerprint density at radius 2 is 2.00 bits per heavy atom. The first-order chi connectivity index (χ1) is 6.43. The van der Waals surface area contributed by atoms with Crippen LogP contribution in [0.1, 0.15) is 6.42 Å². The van der Waals surface area contributed by atoms with Crippen molar-refractivity contribution in [1.29, 1.82) is 0 Å². The standard InChI is InChI=1S/C11H16N2/c1-12-9-5-6-10-13-11-7-3-2-4-8-11/h2-4,6-8,10,12-13H,5,9H2,1H3/b10-6+. The Labute approximate surface area is 79.7 Å². The summed E-state index contributed by atoms with van der Waals surface area (Å²) >= 11 is 0. The van der Waals surface area contributed by atoms with E-state index in [1.165, 1.54) is 0 Å². The zero-order valence-electron chi connectivity index (χ0n) is 7.96. The van der Waals surface area contributed by atoms with Crippen LogP contribution in [0.4, 0.5) is 5.69 Å². The van der Waals surface area contributed by atoms with Gasteiger partial charge in [-0.05, 0) is 38.3 Å². The second-order valence-corrected chi connectivity index (χ2v) is 2.80. The predicted octanol–water partition coefficient (Wildman–Crippen LogP) is 2.22. The second kappa shape index (κ2) is 6.26. The van der Waals surface area contributed by atoms with Crippen molar-refractivity contribution in [3.8, 4) is 0 Å². The van der Waals surface area contributed by atoms with Gasteiger partial charge in [0.05, 0.1) is 0 Å². The second-order valence-electron chi connectivity index (χ2n) is 2.80. The molecule has 0 amide bonds. The molecule has 1 aromatic rings. The highest BCUT2D eigenvalue weighted by Crippen LogP contribution is 2.04. The molecule has 0 aliphatic rings. The van der Waals surface area contributed by atoms with Crippen molar-refractivity contribution in [3.63, 3.8) is 0 Å². The highest BCUT2D eigenvalue weighted by Gasteiger charge is 1.82. The van der Waals surface area contributed by atoms with Gasteiger partial charge in [-0.1, -0.05) is 24.3 Å². The Morgan fingerprint density at radius 3 is 2.69 bits per heavy atom. The van der Waals surface area contributed by atoms with Gasteiger partial charge in [-0.25, -0.2) is 0 Å². The van der Waals surface area contributed by atoms with Gasteiger partial charge in [-0.3, -0.25) is 0 Å². The molecule has 0 atom stereocenters. The van der Waals surface area contributed by atoms with E-state index in [1.54, 1.807) is 0 Å². The molecule has 0 radical (unpaired) electrons. The fourth-order valence-electron chi connectivity index (χ4n) is 1.00. The van der Waals surface area contributed by atoms with E-state index >= 15 is 0 Å². The molecular weight excluding hydrogens is 160 g/mol. The molecule has 0 saturated carbocycles. The van der Waals surface area contributed by atoms with Gasteiger partial charge in [0.2, 0.25) is 0 Å². The number of nitrogens with one attached hydrogen (secondary N) is 2. The minimum Gasteiger partial charge on any atom is -0.362 e. The first-order valence-corrected chi connectivity index (χ1v) is 4.54. The van der Waals surface area contributed by atoms with Crippen molar-refractivity contribution in [3.05, 3.63) is 42.6 Å². The van der Waals surface area contributed by atoms with E-state index in [9.17, 15) is 0 Å². The summed E-state index contributed by atoms with van der Waals surface area (Å²) in [7, 11) is 1.96. The lowest BCUT2D eigenvalue weighted by Gasteiger charge is -1.98. The normalized spacial score (nSPS) is 10.5. The minimum atomic E-state index is 1.02. The maximum atomic E-state index is 3.20. The SMILES string of the molecule is CNCC/C=C/Nc1ccccc1. The highest BCUT2D eigenvalue weighted by atomic mass is 14.8. The average molecular weight is 176 g/mol. The van der Waals surface area contributed by atoms with Crippen LogP contribution < -0.4 is 10.6 Å². The third kappa shape index (κ3) is 4.33. The summed E-state index contributed by atoms with van der Waals surface area (Å²) in [6.07, 6.45) is 5.15. The quantitative estimate of drug-likeness (QED) is 0.672. The highest BCUT2D eigenvalue weighted by molar-refractivity contribution is 5.44. The first kappa shape index (κ1) is 9.81. The van der Waals surface area contributed by atoms with Gasteiger partial charge >= 0.3 is 0 Å². The average Bonchev–Trinajstić information content (AvgIpc) is 2.19. The van der Waals surface area contributed by atoms with Crippen LogP contribution in [-0.4, -0.2) is 13.6 Å². The number of anilines is 1. The molecule has 0 bridgehead atoms. The van der Waals surface area contributed by atoms with Crippen molar-refractivity contribution in [2.24, 2.45) is 0 Å². The Bertz CT molecular complexity index is 242. The molecule has 2 heteroatoms. The lowest BCUT2D eigenvalue weighted by Crippen LogP contribution is -2.05. The molecule has 0 saturated heterocycles. The van der Waals surface area contributed by atoms with Crippen molar-refractivity contribution in [2.45, 2.75) is 6.42 Å². The minimum absolute atomic E-state index is 1.02. The van der Waals surface area contributed by atoms with E-state index < -0.39 is 0 Å². The zero-order valence-corrected chi connectivity index (χ0v) is 7.96. The molecule has 0 heterocycles. The van der Waals surface area contributed by atoms with Gasteiger partial charge in [-0.15, -0.1) is 0 Å². The monoisotopic (exact) mass is 176 g/mol. The summed E-state index contributed by atoms with van der Waals surface area (Å²) in [5, 5.41) is 6.28. The van der Waals surface area contributed by atoms with Crippen molar-refractivity contribution in [2.75, 3.05) is 18.9 Å². The maximum absolute atomic E-state index is 3.20. The number of para-hydroxylation sites is 1. The van der Waals surface area contributed by atoms with E-state index in [2.05, 4.69) is 16.7 Å². The third-order valence-electron chi connectivity index (χ3n) is 1.70. The van der Waals surface area contributed by atoms with Crippen molar-refractivity contribution >= 4 is 5.69 Å². The van der Waals surface area contributed by atoms with Crippen LogP contribution in [0.3, 0.4) is 0 Å². The number of hydrogen-bond donors (Lipinski definition) is 2. The van der Waals surface area contributed by atoms with E-state index in [-0.39, 0.29) is 0 Å². The molecule has 2 nitrogen and oxygen atoms in total. The largest absolute Gasteiger partial charge is 0.362 e. The molecule has 13 heavy (non-hydrogen) atoms. The van der Waals surface area contributed by atoms with Crippen molar-refractivity contribution in [1.82, 2.24) is 5.32 Å². The van der Waals surface area contributed by atoms with Gasteiger partial charge in [0.1, 0.15) is 0 Å². The summed E-state index contributed by atoms with van der Waals surface area (Å²) in [5.41, 5.74) is 1.13. The lowest BCUT2D eigenvalue weighted by molar-refractivity contribution is 0.807. The molecule has 0 fully saturated rings. The fraction of sp³-hybridized carbons (Fsp3) is 0.273. The van der Waals surface area contributed by atoms with Crippen molar-refractivity contribution < 1.29 is 0 Å². The van der Waals surface area contributed by atoms with Crippen LogP contribution in [0.15, 0.2) is 42.6 Å². The van der Waals surface area contributed by atoms with Gasteiger partial charge in [0.15, 0.2) is 0 Å². The molecule has 2 N–H and O–H groups in total. The molecule has 0 aliphatic heterocycles. The summed E-state index contributed by atoms with van der Waals surface area (Å²) in [5.74, 6) is 0. The van der Waals surface area contributed by atoms with Crippen LogP contribution in [0.25, 0.3) is 0 Å².